The van der Waals surface area contributed by atoms with Crippen molar-refractivity contribution in [2.45, 2.75) is 38.3 Å². The lowest BCUT2D eigenvalue weighted by Gasteiger charge is -2.15. The van der Waals surface area contributed by atoms with Crippen LogP contribution in [0.2, 0.25) is 5.02 Å². The maximum Gasteiger partial charge on any atom is 0.261 e. The first-order chi connectivity index (χ1) is 14.8. The zero-order valence-electron chi connectivity index (χ0n) is 17.3. The Hall–Kier alpha value is -2.23. The van der Waals surface area contributed by atoms with E-state index in [1.165, 1.54) is 11.3 Å². The van der Waals surface area contributed by atoms with E-state index in [1.807, 2.05) is 25.3 Å². The van der Waals surface area contributed by atoms with Crippen molar-refractivity contribution >= 4 is 39.0 Å². The van der Waals surface area contributed by atoms with Crippen molar-refractivity contribution in [3.8, 4) is 22.9 Å². The first-order valence-corrected chi connectivity index (χ1v) is 11.1. The topological polar surface area (TPSA) is 68.3 Å². The second-order valence-electron chi connectivity index (χ2n) is 7.77. The van der Waals surface area contributed by atoms with Crippen LogP contribution >= 0.6 is 22.9 Å². The van der Waals surface area contributed by atoms with Crippen molar-refractivity contribution in [3.05, 3.63) is 28.6 Å². The van der Waals surface area contributed by atoms with Gasteiger partial charge in [-0.25, -0.2) is 18.7 Å². The molecule has 6 nitrogen and oxygen atoms in total. The molecular weight excluding hydrogens is 446 g/mol. The molecule has 1 aliphatic rings. The molecule has 1 fully saturated rings. The molecule has 0 bridgehead atoms. The van der Waals surface area contributed by atoms with E-state index in [-0.39, 0.29) is 25.6 Å². The standard InChI is InChI=1S/C21H23ClF2N4O2S/c1-11(2)26-20-28-15(9-31-20)14-6-17(29-3)13-4-5-16(18(22)19(13)27-14)30-8-12-7-21(23,24)10-25-12/h4-6,9,11-12,25H,7-8,10H2,1-3H3,(H,26,28)/t12-/m0/s1. The quantitative estimate of drug-likeness (QED) is 0.495. The number of fused-ring (bicyclic) bond motifs is 1. The van der Waals surface area contributed by atoms with Crippen LogP contribution in [0, 0.1) is 0 Å². The summed E-state index contributed by atoms with van der Waals surface area (Å²) in [6, 6.07) is 5.15. The number of nitrogens with zero attached hydrogens (tertiary/aromatic N) is 2. The van der Waals surface area contributed by atoms with Crippen molar-refractivity contribution in [1.82, 2.24) is 15.3 Å². The average molecular weight is 469 g/mol. The molecule has 0 aliphatic carbocycles. The molecule has 31 heavy (non-hydrogen) atoms. The number of ether oxygens (including phenoxy) is 2. The van der Waals surface area contributed by atoms with E-state index in [9.17, 15) is 8.78 Å². The highest BCUT2D eigenvalue weighted by atomic mass is 35.5. The molecule has 3 aromatic rings. The number of nitrogens with one attached hydrogen (secondary N) is 2. The molecule has 1 atom stereocenters. The predicted molar refractivity (Wildman–Crippen MR) is 120 cm³/mol. The SMILES string of the molecule is COc1cc(-c2csc(NC(C)C)n2)nc2c(Cl)c(OC[C@@H]3CC(F)(F)CN3)ccc12. The van der Waals surface area contributed by atoms with Crippen LogP contribution < -0.4 is 20.1 Å². The molecule has 0 saturated carbocycles. The summed E-state index contributed by atoms with van der Waals surface area (Å²) in [4.78, 5) is 9.29. The molecule has 3 heterocycles. The van der Waals surface area contributed by atoms with Crippen LogP contribution in [-0.4, -0.2) is 48.2 Å². The smallest absolute Gasteiger partial charge is 0.261 e. The Morgan fingerprint density at radius 1 is 1.29 bits per heavy atom. The van der Waals surface area contributed by atoms with Crippen molar-refractivity contribution in [1.29, 1.82) is 0 Å². The fraction of sp³-hybridized carbons (Fsp3) is 0.429. The van der Waals surface area contributed by atoms with Crippen LogP contribution in [0.5, 0.6) is 11.5 Å². The highest BCUT2D eigenvalue weighted by Gasteiger charge is 2.39. The Balaban J connectivity index is 1.64. The van der Waals surface area contributed by atoms with E-state index in [2.05, 4.69) is 15.6 Å². The van der Waals surface area contributed by atoms with Gasteiger partial charge in [-0.15, -0.1) is 11.3 Å². The average Bonchev–Trinajstić information content (AvgIpc) is 3.32. The molecule has 1 saturated heterocycles. The molecule has 4 rings (SSSR count). The molecule has 1 aromatic carbocycles. The summed E-state index contributed by atoms with van der Waals surface area (Å²) in [7, 11) is 1.58. The van der Waals surface area contributed by atoms with Gasteiger partial charge in [0, 0.05) is 35.3 Å². The van der Waals surface area contributed by atoms with Gasteiger partial charge in [0.1, 0.15) is 28.8 Å². The summed E-state index contributed by atoms with van der Waals surface area (Å²) < 4.78 is 38.1. The minimum Gasteiger partial charge on any atom is -0.496 e. The zero-order valence-corrected chi connectivity index (χ0v) is 18.9. The van der Waals surface area contributed by atoms with Crippen molar-refractivity contribution in [3.63, 3.8) is 0 Å². The number of alkyl halides is 2. The summed E-state index contributed by atoms with van der Waals surface area (Å²) in [5.41, 5.74) is 1.83. The number of hydrogen-bond acceptors (Lipinski definition) is 7. The van der Waals surface area contributed by atoms with Crippen LogP contribution in [0.25, 0.3) is 22.3 Å². The van der Waals surface area contributed by atoms with Gasteiger partial charge >= 0.3 is 0 Å². The second kappa shape index (κ2) is 8.72. The molecular formula is C21H23ClF2N4O2S. The fourth-order valence-corrected chi connectivity index (χ4v) is 4.54. The summed E-state index contributed by atoms with van der Waals surface area (Å²) >= 11 is 8.10. The number of methoxy groups -OCH3 is 1. The van der Waals surface area contributed by atoms with Gasteiger partial charge in [-0.2, -0.15) is 0 Å². The number of aromatic nitrogens is 2. The first kappa shape index (κ1) is 22.0. The summed E-state index contributed by atoms with van der Waals surface area (Å²) in [5, 5.41) is 9.79. The number of thiazole rings is 1. The van der Waals surface area contributed by atoms with Crippen LogP contribution in [-0.2, 0) is 0 Å². The monoisotopic (exact) mass is 468 g/mol. The predicted octanol–water partition coefficient (Wildman–Crippen LogP) is 5.22. The van der Waals surface area contributed by atoms with Crippen LogP contribution in [0.1, 0.15) is 20.3 Å². The Kier molecular flexibility index (Phi) is 6.18. The lowest BCUT2D eigenvalue weighted by Crippen LogP contribution is -2.28. The highest BCUT2D eigenvalue weighted by molar-refractivity contribution is 7.14. The lowest BCUT2D eigenvalue weighted by atomic mass is 10.1. The molecule has 0 amide bonds. The number of benzene rings is 1. The largest absolute Gasteiger partial charge is 0.496 e. The highest BCUT2D eigenvalue weighted by Crippen LogP contribution is 2.39. The second-order valence-corrected chi connectivity index (χ2v) is 9.01. The van der Waals surface area contributed by atoms with Gasteiger partial charge < -0.3 is 20.1 Å². The van der Waals surface area contributed by atoms with E-state index in [0.717, 1.165) is 10.5 Å². The maximum absolute atomic E-state index is 13.4. The third-order valence-corrected chi connectivity index (χ3v) is 6.02. The van der Waals surface area contributed by atoms with Gasteiger partial charge in [0.25, 0.3) is 5.92 Å². The van der Waals surface area contributed by atoms with Crippen molar-refractivity contribution < 1.29 is 18.3 Å². The Bertz CT molecular complexity index is 1090. The molecule has 10 heteroatoms. The van der Waals surface area contributed by atoms with Crippen molar-refractivity contribution in [2.24, 2.45) is 0 Å². The van der Waals surface area contributed by atoms with Gasteiger partial charge in [0.15, 0.2) is 5.13 Å². The van der Waals surface area contributed by atoms with Gasteiger partial charge in [-0.05, 0) is 26.0 Å². The third-order valence-electron chi connectivity index (χ3n) is 4.88. The number of halogens is 3. The first-order valence-electron chi connectivity index (χ1n) is 9.89. The number of pyridine rings is 1. The van der Waals surface area contributed by atoms with E-state index in [0.29, 0.717) is 33.4 Å². The summed E-state index contributed by atoms with van der Waals surface area (Å²) in [5.74, 6) is -1.71. The molecule has 2 N–H and O–H groups in total. The minimum atomic E-state index is -2.71. The Labute approximate surface area is 187 Å². The number of rotatable bonds is 7. The van der Waals surface area contributed by atoms with E-state index in [1.54, 1.807) is 19.2 Å². The molecule has 0 unspecified atom stereocenters. The van der Waals surface area contributed by atoms with Gasteiger partial charge in [-0.3, -0.25) is 0 Å². The summed E-state index contributed by atoms with van der Waals surface area (Å²) in [6.45, 7) is 3.84. The maximum atomic E-state index is 13.4. The van der Waals surface area contributed by atoms with E-state index < -0.39 is 12.0 Å². The van der Waals surface area contributed by atoms with Gasteiger partial charge in [-0.1, -0.05) is 11.6 Å². The normalized spacial score (nSPS) is 18.0. The molecule has 1 aliphatic heterocycles. The number of anilines is 1. The third kappa shape index (κ3) is 4.83. The van der Waals surface area contributed by atoms with E-state index in [4.69, 9.17) is 26.1 Å². The number of hydrogen-bond donors (Lipinski definition) is 2. The van der Waals surface area contributed by atoms with E-state index >= 15 is 0 Å². The Morgan fingerprint density at radius 3 is 2.77 bits per heavy atom. The zero-order chi connectivity index (χ0) is 22.2. The molecule has 2 aromatic heterocycles. The minimum absolute atomic E-state index is 0.0912. The molecule has 0 spiro atoms. The van der Waals surface area contributed by atoms with Crippen LogP contribution in [0.15, 0.2) is 23.6 Å². The fourth-order valence-electron chi connectivity index (χ4n) is 3.43. The molecule has 166 valence electrons. The van der Waals surface area contributed by atoms with Crippen LogP contribution in [0.3, 0.4) is 0 Å². The van der Waals surface area contributed by atoms with Gasteiger partial charge in [0.2, 0.25) is 0 Å². The van der Waals surface area contributed by atoms with Gasteiger partial charge in [0.05, 0.1) is 24.9 Å². The van der Waals surface area contributed by atoms with Crippen LogP contribution in [0.4, 0.5) is 13.9 Å². The van der Waals surface area contributed by atoms with Crippen molar-refractivity contribution in [2.75, 3.05) is 25.6 Å². The molecule has 0 radical (unpaired) electrons. The lowest BCUT2D eigenvalue weighted by molar-refractivity contribution is 0.0196. The Morgan fingerprint density at radius 2 is 2.10 bits per heavy atom. The summed E-state index contributed by atoms with van der Waals surface area (Å²) in [6.07, 6.45) is -0.259.